The molecule has 0 unspecified atom stereocenters. The average Bonchev–Trinajstić information content (AvgIpc) is 3.03. The van der Waals surface area contributed by atoms with Crippen molar-refractivity contribution in [3.05, 3.63) is 80.8 Å². The molecule has 0 saturated carbocycles. The van der Waals surface area contributed by atoms with Gasteiger partial charge in [0.25, 0.3) is 0 Å². The Bertz CT molecular complexity index is 841. The molecule has 0 spiro atoms. The highest BCUT2D eigenvalue weighted by Crippen LogP contribution is 2.22. The Labute approximate surface area is 160 Å². The third kappa shape index (κ3) is 5.51. The van der Waals surface area contributed by atoms with Crippen molar-refractivity contribution >= 4 is 38.3 Å². The molecule has 0 aliphatic rings. The number of halogens is 1. The van der Waals surface area contributed by atoms with Crippen LogP contribution < -0.4 is 5.32 Å². The molecule has 25 heavy (non-hydrogen) atoms. The highest BCUT2D eigenvalue weighted by atomic mass is 79.9. The van der Waals surface area contributed by atoms with Gasteiger partial charge in [-0.2, -0.15) is 0 Å². The summed E-state index contributed by atoms with van der Waals surface area (Å²) < 4.78 is 1.07. The summed E-state index contributed by atoms with van der Waals surface area (Å²) in [6.07, 6.45) is 3.86. The van der Waals surface area contributed by atoms with Gasteiger partial charge in [-0.3, -0.25) is 4.79 Å². The molecule has 2 aromatic carbocycles. The minimum Gasteiger partial charge on any atom is -0.302 e. The first kappa shape index (κ1) is 17.8. The lowest BCUT2D eigenvalue weighted by molar-refractivity contribution is -0.116. The lowest BCUT2D eigenvalue weighted by Gasteiger charge is -2.03. The highest BCUT2D eigenvalue weighted by Gasteiger charge is 2.08. The fourth-order valence-corrected chi connectivity index (χ4v) is 3.57. The zero-order valence-electron chi connectivity index (χ0n) is 14.0. The van der Waals surface area contributed by atoms with Gasteiger partial charge in [-0.15, -0.1) is 11.3 Å². The molecule has 0 atom stereocenters. The highest BCUT2D eigenvalue weighted by molar-refractivity contribution is 9.10. The number of nitrogens with zero attached hydrogens (tertiary/aromatic N) is 1. The van der Waals surface area contributed by atoms with E-state index >= 15 is 0 Å². The van der Waals surface area contributed by atoms with E-state index < -0.39 is 0 Å². The minimum atomic E-state index is 0.00474. The standard InChI is InChI=1S/C20H19BrN2OS/c1-14-2-4-15(5-3-14)8-11-19(24)23-20-22-13-18(25-20)12-16-6-9-17(21)10-7-16/h2-7,9-10,13H,8,11-12H2,1H3,(H,22,23,24). The molecule has 3 rings (SSSR count). The number of hydrogen-bond acceptors (Lipinski definition) is 3. The molecule has 0 aliphatic heterocycles. The molecular weight excluding hydrogens is 396 g/mol. The van der Waals surface area contributed by atoms with Crippen molar-refractivity contribution in [1.82, 2.24) is 4.98 Å². The number of benzene rings is 2. The smallest absolute Gasteiger partial charge is 0.226 e. The van der Waals surface area contributed by atoms with Crippen molar-refractivity contribution in [1.29, 1.82) is 0 Å². The van der Waals surface area contributed by atoms with Gasteiger partial charge in [-0.05, 0) is 36.6 Å². The number of nitrogens with one attached hydrogen (secondary N) is 1. The fourth-order valence-electron chi connectivity index (χ4n) is 2.44. The van der Waals surface area contributed by atoms with Crippen LogP contribution in [0.5, 0.6) is 0 Å². The van der Waals surface area contributed by atoms with Crippen LogP contribution in [0, 0.1) is 6.92 Å². The van der Waals surface area contributed by atoms with Crippen LogP contribution in [-0.4, -0.2) is 10.9 Å². The molecule has 1 heterocycles. The SMILES string of the molecule is Cc1ccc(CCC(=O)Nc2ncc(Cc3ccc(Br)cc3)s2)cc1. The van der Waals surface area contributed by atoms with Gasteiger partial charge in [-0.1, -0.05) is 57.9 Å². The summed E-state index contributed by atoms with van der Waals surface area (Å²) in [4.78, 5) is 17.6. The minimum absolute atomic E-state index is 0.00474. The summed E-state index contributed by atoms with van der Waals surface area (Å²) in [6.45, 7) is 2.06. The Morgan fingerprint density at radius 3 is 2.48 bits per heavy atom. The number of amides is 1. The number of aryl methyl sites for hydroxylation is 2. The van der Waals surface area contributed by atoms with Gasteiger partial charge in [0.15, 0.2) is 5.13 Å². The zero-order valence-corrected chi connectivity index (χ0v) is 16.4. The second-order valence-corrected chi connectivity index (χ2v) is 8.00. The Hall–Kier alpha value is -1.98. The van der Waals surface area contributed by atoms with Crippen molar-refractivity contribution in [3.63, 3.8) is 0 Å². The number of thiazole rings is 1. The van der Waals surface area contributed by atoms with Gasteiger partial charge in [0.2, 0.25) is 5.91 Å². The Balaban J connectivity index is 1.51. The topological polar surface area (TPSA) is 42.0 Å². The summed E-state index contributed by atoms with van der Waals surface area (Å²) in [5.74, 6) is 0.00474. The summed E-state index contributed by atoms with van der Waals surface area (Å²) in [5.41, 5.74) is 3.63. The monoisotopic (exact) mass is 414 g/mol. The van der Waals surface area contributed by atoms with Crippen LogP contribution in [0.15, 0.2) is 59.2 Å². The van der Waals surface area contributed by atoms with Crippen LogP contribution in [0.25, 0.3) is 0 Å². The van der Waals surface area contributed by atoms with Gasteiger partial charge < -0.3 is 5.32 Å². The molecule has 1 N–H and O–H groups in total. The van der Waals surface area contributed by atoms with Crippen molar-refractivity contribution in [2.75, 3.05) is 5.32 Å². The largest absolute Gasteiger partial charge is 0.302 e. The first-order valence-corrected chi connectivity index (χ1v) is 9.74. The van der Waals surface area contributed by atoms with E-state index in [1.165, 1.54) is 28.0 Å². The summed E-state index contributed by atoms with van der Waals surface area (Å²) >= 11 is 4.97. The van der Waals surface area contributed by atoms with Gasteiger partial charge >= 0.3 is 0 Å². The molecule has 1 amide bonds. The van der Waals surface area contributed by atoms with Gasteiger partial charge in [0.1, 0.15) is 0 Å². The first-order chi connectivity index (χ1) is 12.1. The number of carbonyl (C=O) groups excluding carboxylic acids is 1. The third-order valence-electron chi connectivity index (χ3n) is 3.85. The second-order valence-electron chi connectivity index (χ2n) is 5.97. The molecule has 0 fully saturated rings. The molecule has 0 radical (unpaired) electrons. The molecule has 0 saturated heterocycles. The average molecular weight is 415 g/mol. The van der Waals surface area contributed by atoms with Crippen LogP contribution in [-0.2, 0) is 17.6 Å². The normalized spacial score (nSPS) is 10.6. The van der Waals surface area contributed by atoms with Crippen LogP contribution in [0.4, 0.5) is 5.13 Å². The number of aromatic nitrogens is 1. The number of rotatable bonds is 6. The first-order valence-electron chi connectivity index (χ1n) is 8.13. The van der Waals surface area contributed by atoms with E-state index in [0.717, 1.165) is 22.2 Å². The van der Waals surface area contributed by atoms with Gasteiger partial charge in [-0.25, -0.2) is 4.98 Å². The van der Waals surface area contributed by atoms with E-state index in [1.807, 2.05) is 18.3 Å². The van der Waals surface area contributed by atoms with Crippen LogP contribution in [0.2, 0.25) is 0 Å². The van der Waals surface area contributed by atoms with Crippen LogP contribution in [0.1, 0.15) is 28.0 Å². The maximum atomic E-state index is 12.1. The van der Waals surface area contributed by atoms with E-state index in [0.29, 0.717) is 11.6 Å². The van der Waals surface area contributed by atoms with Crippen molar-refractivity contribution < 1.29 is 4.79 Å². The zero-order chi connectivity index (χ0) is 17.6. The fraction of sp³-hybridized carbons (Fsp3) is 0.200. The lowest BCUT2D eigenvalue weighted by Crippen LogP contribution is -2.11. The Morgan fingerprint density at radius 2 is 1.76 bits per heavy atom. The van der Waals surface area contributed by atoms with Gasteiger partial charge in [0.05, 0.1) is 0 Å². The maximum Gasteiger partial charge on any atom is 0.226 e. The molecule has 3 aromatic rings. The number of hydrogen-bond donors (Lipinski definition) is 1. The predicted molar refractivity (Wildman–Crippen MR) is 107 cm³/mol. The predicted octanol–water partition coefficient (Wildman–Crippen LogP) is 5.38. The quantitative estimate of drug-likeness (QED) is 0.588. The molecule has 1 aromatic heterocycles. The molecule has 0 aliphatic carbocycles. The Morgan fingerprint density at radius 1 is 1.08 bits per heavy atom. The molecule has 3 nitrogen and oxygen atoms in total. The van der Waals surface area contributed by atoms with Crippen molar-refractivity contribution in [3.8, 4) is 0 Å². The Kier molecular flexibility index (Phi) is 6.00. The maximum absolute atomic E-state index is 12.1. The van der Waals surface area contributed by atoms with E-state index in [4.69, 9.17) is 0 Å². The molecular formula is C20H19BrN2OS. The summed E-state index contributed by atoms with van der Waals surface area (Å²) in [7, 11) is 0. The van der Waals surface area contributed by atoms with E-state index in [-0.39, 0.29) is 5.91 Å². The van der Waals surface area contributed by atoms with Crippen molar-refractivity contribution in [2.45, 2.75) is 26.2 Å². The van der Waals surface area contributed by atoms with Gasteiger partial charge in [0, 0.05) is 28.4 Å². The number of anilines is 1. The van der Waals surface area contributed by atoms with E-state index in [1.54, 1.807) is 0 Å². The lowest BCUT2D eigenvalue weighted by atomic mass is 10.1. The molecule has 128 valence electrons. The summed E-state index contributed by atoms with van der Waals surface area (Å²) in [6, 6.07) is 16.5. The molecule has 0 bridgehead atoms. The van der Waals surface area contributed by atoms with Crippen LogP contribution in [0.3, 0.4) is 0 Å². The number of carbonyl (C=O) groups is 1. The molecule has 5 heteroatoms. The van der Waals surface area contributed by atoms with E-state index in [2.05, 4.69) is 69.6 Å². The van der Waals surface area contributed by atoms with Crippen LogP contribution >= 0.6 is 27.3 Å². The summed E-state index contributed by atoms with van der Waals surface area (Å²) in [5, 5.41) is 3.57. The van der Waals surface area contributed by atoms with Crippen molar-refractivity contribution in [2.24, 2.45) is 0 Å². The van der Waals surface area contributed by atoms with E-state index in [9.17, 15) is 4.79 Å². The second kappa shape index (κ2) is 8.41. The third-order valence-corrected chi connectivity index (χ3v) is 5.29.